The second-order valence-corrected chi connectivity index (χ2v) is 6.76. The van der Waals surface area contributed by atoms with E-state index in [0.717, 1.165) is 5.75 Å². The summed E-state index contributed by atoms with van der Waals surface area (Å²) in [5, 5.41) is 11.2. The van der Waals surface area contributed by atoms with Gasteiger partial charge in [0.15, 0.2) is 0 Å². The first-order valence-electron chi connectivity index (χ1n) is 7.06. The Morgan fingerprint density at radius 1 is 1.04 bits per heavy atom. The lowest BCUT2D eigenvalue weighted by atomic mass is 10.5. The second kappa shape index (κ2) is 17.4. The first-order valence-corrected chi connectivity index (χ1v) is 9.55. The van der Waals surface area contributed by atoms with E-state index in [-0.39, 0.29) is 25.5 Å². The smallest absolute Gasteiger partial charge is 0.304 e. The summed E-state index contributed by atoms with van der Waals surface area (Å²) in [6.45, 7) is 2.39. The molecule has 0 aromatic carbocycles. The molecule has 0 unspecified atom stereocenters. The van der Waals surface area contributed by atoms with Crippen LogP contribution in [0.2, 0.25) is 0 Å². The Balaban J connectivity index is 3.19. The predicted molar refractivity (Wildman–Crippen MR) is 91.5 cm³/mol. The number of aliphatic carboxylic acids is 1. The van der Waals surface area contributed by atoms with Crippen LogP contribution in [0.3, 0.4) is 0 Å². The van der Waals surface area contributed by atoms with E-state index in [4.69, 9.17) is 25.7 Å². The summed E-state index contributed by atoms with van der Waals surface area (Å²) >= 11 is 0. The van der Waals surface area contributed by atoms with E-state index >= 15 is 0 Å². The molecule has 0 aliphatic carbocycles. The van der Waals surface area contributed by atoms with Gasteiger partial charge < -0.3 is 24.6 Å². The van der Waals surface area contributed by atoms with Crippen molar-refractivity contribution in [3.63, 3.8) is 0 Å². The maximum absolute atomic E-state index is 11.4. The molecule has 0 saturated carbocycles. The molecule has 0 fully saturated rings. The van der Waals surface area contributed by atoms with Gasteiger partial charge in [-0.25, -0.2) is 0 Å². The Morgan fingerprint density at radius 2 is 1.70 bits per heavy atom. The molecule has 0 heterocycles. The Labute approximate surface area is 144 Å². The minimum Gasteiger partial charge on any atom is -0.481 e. The van der Waals surface area contributed by atoms with Crippen LogP contribution in [0.25, 0.3) is 0 Å². The highest BCUT2D eigenvalue weighted by Crippen LogP contribution is 2.20. The maximum atomic E-state index is 11.4. The molecule has 0 aromatic heterocycles. The highest BCUT2D eigenvalue weighted by molar-refractivity contribution is 8.76. The lowest BCUT2D eigenvalue weighted by Crippen LogP contribution is -2.30. The zero-order valence-electron chi connectivity index (χ0n) is 13.0. The molecule has 0 aliphatic heterocycles. The summed E-state index contributed by atoms with van der Waals surface area (Å²) in [6.07, 6.45) is 5.16. The van der Waals surface area contributed by atoms with Gasteiger partial charge in [-0.05, 0) is 0 Å². The molecule has 1 amide bonds. The highest BCUT2D eigenvalue weighted by Gasteiger charge is 2.01. The average Bonchev–Trinajstić information content (AvgIpc) is 2.52. The molecule has 0 aromatic rings. The number of terminal acetylenes is 1. The number of amides is 1. The molecule has 23 heavy (non-hydrogen) atoms. The predicted octanol–water partition coefficient (Wildman–Crippen LogP) is 0.642. The molecule has 0 aliphatic rings. The molecule has 0 saturated heterocycles. The summed E-state index contributed by atoms with van der Waals surface area (Å²) in [7, 11) is 3.02. The van der Waals surface area contributed by atoms with Gasteiger partial charge in [-0.1, -0.05) is 27.5 Å². The topological polar surface area (TPSA) is 94.1 Å². The van der Waals surface area contributed by atoms with Gasteiger partial charge in [-0.2, -0.15) is 0 Å². The van der Waals surface area contributed by atoms with Gasteiger partial charge in [-0.15, -0.1) is 6.42 Å². The third kappa shape index (κ3) is 19.0. The fourth-order valence-electron chi connectivity index (χ4n) is 1.16. The first-order chi connectivity index (χ1) is 11.2. The normalized spacial score (nSPS) is 10.2. The summed E-state index contributed by atoms with van der Waals surface area (Å²) in [5.41, 5.74) is 0. The van der Waals surface area contributed by atoms with Gasteiger partial charge in [-0.3, -0.25) is 9.59 Å². The van der Waals surface area contributed by atoms with Crippen LogP contribution in [0.15, 0.2) is 0 Å². The molecule has 132 valence electrons. The first kappa shape index (κ1) is 22.1. The lowest BCUT2D eigenvalue weighted by molar-refractivity contribution is -0.136. The number of carbonyl (C=O) groups excluding carboxylic acids is 1. The standard InChI is InChI=1S/C14H23NO6S2/c1-2-5-19-6-7-20-8-9-21-12-13(16)15-4-11-23-22-10-3-14(17)18/h1H,3-12H2,(H,15,16)(H,17,18). The molecule has 7 nitrogen and oxygen atoms in total. The van der Waals surface area contributed by atoms with E-state index in [9.17, 15) is 9.59 Å². The van der Waals surface area contributed by atoms with Crippen LogP contribution in [-0.2, 0) is 23.8 Å². The minimum absolute atomic E-state index is 0.00617. The van der Waals surface area contributed by atoms with E-state index in [1.165, 1.54) is 21.6 Å². The number of carboxylic acids is 1. The van der Waals surface area contributed by atoms with Crippen LogP contribution in [0.5, 0.6) is 0 Å². The van der Waals surface area contributed by atoms with Crippen molar-refractivity contribution in [2.24, 2.45) is 0 Å². The van der Waals surface area contributed by atoms with Gasteiger partial charge in [0.2, 0.25) is 5.91 Å². The van der Waals surface area contributed by atoms with Crippen LogP contribution in [0.4, 0.5) is 0 Å². The number of carbonyl (C=O) groups is 2. The largest absolute Gasteiger partial charge is 0.481 e. The van der Waals surface area contributed by atoms with Crippen molar-refractivity contribution in [1.82, 2.24) is 5.32 Å². The number of ether oxygens (including phenoxy) is 3. The van der Waals surface area contributed by atoms with E-state index in [2.05, 4.69) is 11.2 Å². The monoisotopic (exact) mass is 365 g/mol. The zero-order chi connectivity index (χ0) is 17.2. The van der Waals surface area contributed by atoms with Crippen molar-refractivity contribution in [2.45, 2.75) is 6.42 Å². The van der Waals surface area contributed by atoms with Crippen LogP contribution < -0.4 is 5.32 Å². The van der Waals surface area contributed by atoms with Crippen LogP contribution in [0, 0.1) is 12.3 Å². The molecule has 0 atom stereocenters. The molecular weight excluding hydrogens is 342 g/mol. The number of nitrogens with one attached hydrogen (secondary N) is 1. The third-order valence-corrected chi connectivity index (χ3v) is 4.56. The van der Waals surface area contributed by atoms with Gasteiger partial charge in [0.1, 0.15) is 13.2 Å². The van der Waals surface area contributed by atoms with Crippen molar-refractivity contribution in [2.75, 3.05) is 57.7 Å². The number of hydrogen-bond acceptors (Lipinski definition) is 7. The van der Waals surface area contributed by atoms with E-state index in [0.29, 0.717) is 38.7 Å². The van der Waals surface area contributed by atoms with Crippen molar-refractivity contribution in [3.8, 4) is 12.3 Å². The third-order valence-electron chi connectivity index (χ3n) is 2.15. The van der Waals surface area contributed by atoms with Crippen molar-refractivity contribution in [3.05, 3.63) is 0 Å². The molecule has 0 radical (unpaired) electrons. The van der Waals surface area contributed by atoms with E-state index in [1.54, 1.807) is 0 Å². The quantitative estimate of drug-likeness (QED) is 0.234. The summed E-state index contributed by atoms with van der Waals surface area (Å²) in [5.74, 6) is 2.65. The maximum Gasteiger partial charge on any atom is 0.304 e. The summed E-state index contributed by atoms with van der Waals surface area (Å²) < 4.78 is 15.4. The SMILES string of the molecule is C#CCOCCOCCOCC(=O)NCCSSCCC(=O)O. The minimum atomic E-state index is -0.798. The number of rotatable bonds is 16. The second-order valence-electron chi connectivity index (χ2n) is 4.06. The number of carboxylic acid groups (broad SMARTS) is 1. The lowest BCUT2D eigenvalue weighted by Gasteiger charge is -2.07. The van der Waals surface area contributed by atoms with Gasteiger partial charge in [0, 0.05) is 18.1 Å². The highest BCUT2D eigenvalue weighted by atomic mass is 33.1. The van der Waals surface area contributed by atoms with Gasteiger partial charge in [0.05, 0.1) is 32.8 Å². The van der Waals surface area contributed by atoms with Crippen LogP contribution >= 0.6 is 21.6 Å². The van der Waals surface area contributed by atoms with Crippen molar-refractivity contribution < 1.29 is 28.9 Å². The van der Waals surface area contributed by atoms with Crippen molar-refractivity contribution in [1.29, 1.82) is 0 Å². The molecular formula is C14H23NO6S2. The molecule has 0 spiro atoms. The Kier molecular flexibility index (Phi) is 16.7. The Hall–Kier alpha value is -0.920. The van der Waals surface area contributed by atoms with E-state index < -0.39 is 5.97 Å². The average molecular weight is 365 g/mol. The fraction of sp³-hybridized carbons (Fsp3) is 0.714. The molecule has 2 N–H and O–H groups in total. The van der Waals surface area contributed by atoms with Gasteiger partial charge >= 0.3 is 5.97 Å². The summed E-state index contributed by atoms with van der Waals surface area (Å²) in [6, 6.07) is 0. The van der Waals surface area contributed by atoms with Crippen LogP contribution in [-0.4, -0.2) is 74.7 Å². The fourth-order valence-corrected chi connectivity index (χ4v) is 3.05. The Morgan fingerprint density at radius 3 is 2.39 bits per heavy atom. The zero-order valence-corrected chi connectivity index (χ0v) is 14.6. The van der Waals surface area contributed by atoms with Crippen LogP contribution in [0.1, 0.15) is 6.42 Å². The molecule has 9 heteroatoms. The van der Waals surface area contributed by atoms with Gasteiger partial charge in [0.25, 0.3) is 0 Å². The van der Waals surface area contributed by atoms with Crippen molar-refractivity contribution >= 4 is 33.5 Å². The van der Waals surface area contributed by atoms with E-state index in [1.807, 2.05) is 0 Å². The summed E-state index contributed by atoms with van der Waals surface area (Å²) in [4.78, 5) is 21.7. The number of hydrogen-bond donors (Lipinski definition) is 2. The molecule has 0 rings (SSSR count). The Bertz CT molecular complexity index is 362. The molecule has 0 bridgehead atoms.